The number of carbonyl (C=O) groups is 1. The molecular formula is C11H20N2OS. The van der Waals surface area contributed by atoms with Gasteiger partial charge >= 0.3 is 0 Å². The fourth-order valence-corrected chi connectivity index (χ4v) is 2.34. The van der Waals surface area contributed by atoms with Gasteiger partial charge in [-0.15, -0.1) is 0 Å². The van der Waals surface area contributed by atoms with E-state index in [2.05, 4.69) is 0 Å². The van der Waals surface area contributed by atoms with Crippen LogP contribution in [-0.2, 0) is 4.79 Å². The van der Waals surface area contributed by atoms with Gasteiger partial charge in [0.1, 0.15) is 0 Å². The minimum atomic E-state index is 0.201. The van der Waals surface area contributed by atoms with Crippen LogP contribution in [0.5, 0.6) is 0 Å². The Bertz CT molecular complexity index is 235. The molecule has 1 fully saturated rings. The van der Waals surface area contributed by atoms with E-state index in [1.54, 1.807) is 11.9 Å². The van der Waals surface area contributed by atoms with Gasteiger partial charge in [-0.2, -0.15) is 0 Å². The summed E-state index contributed by atoms with van der Waals surface area (Å²) < 4.78 is 0. The standard InChI is InChI=1S/C11H20N2OS/c1-13(8-10(12)15)11(14)9-6-4-2-3-5-7-9/h9H,2-8H2,1H3,(H2,12,15). The summed E-state index contributed by atoms with van der Waals surface area (Å²) in [5.74, 6) is 0.413. The van der Waals surface area contributed by atoms with Crippen LogP contribution in [-0.4, -0.2) is 29.4 Å². The number of rotatable bonds is 3. The van der Waals surface area contributed by atoms with E-state index in [4.69, 9.17) is 18.0 Å². The summed E-state index contributed by atoms with van der Waals surface area (Å²) in [6.45, 7) is 0.407. The molecular weight excluding hydrogens is 208 g/mol. The van der Waals surface area contributed by atoms with Crippen LogP contribution in [0.2, 0.25) is 0 Å². The monoisotopic (exact) mass is 228 g/mol. The fourth-order valence-electron chi connectivity index (χ4n) is 2.15. The number of thiocarbonyl (C=S) groups is 1. The van der Waals surface area contributed by atoms with Gasteiger partial charge in [0, 0.05) is 13.0 Å². The average Bonchev–Trinajstić information content (AvgIpc) is 2.43. The zero-order valence-electron chi connectivity index (χ0n) is 9.37. The molecule has 0 heterocycles. The number of hydrogen-bond donors (Lipinski definition) is 1. The predicted octanol–water partition coefficient (Wildman–Crippen LogP) is 1.70. The Hall–Kier alpha value is -0.640. The highest BCUT2D eigenvalue weighted by atomic mass is 32.1. The Morgan fingerprint density at radius 1 is 1.33 bits per heavy atom. The molecule has 0 spiro atoms. The summed E-state index contributed by atoms with van der Waals surface area (Å²) in [5.41, 5.74) is 5.43. The van der Waals surface area contributed by atoms with Crippen LogP contribution in [0.4, 0.5) is 0 Å². The number of carbonyl (C=O) groups excluding carboxylic acids is 1. The van der Waals surface area contributed by atoms with E-state index < -0.39 is 0 Å². The van der Waals surface area contributed by atoms with Crippen molar-refractivity contribution < 1.29 is 4.79 Å². The molecule has 1 saturated carbocycles. The molecule has 86 valence electrons. The highest BCUT2D eigenvalue weighted by Crippen LogP contribution is 2.24. The minimum Gasteiger partial charge on any atom is -0.392 e. The molecule has 1 rings (SSSR count). The highest BCUT2D eigenvalue weighted by molar-refractivity contribution is 7.80. The molecule has 0 saturated heterocycles. The number of nitrogens with zero attached hydrogens (tertiary/aromatic N) is 1. The fraction of sp³-hybridized carbons (Fsp3) is 0.818. The average molecular weight is 228 g/mol. The number of hydrogen-bond acceptors (Lipinski definition) is 2. The van der Waals surface area contributed by atoms with Crippen molar-refractivity contribution >= 4 is 23.1 Å². The Kier molecular flexibility index (Phi) is 5.02. The lowest BCUT2D eigenvalue weighted by atomic mass is 9.99. The Labute approximate surface area is 97.0 Å². The van der Waals surface area contributed by atoms with Gasteiger partial charge in [-0.1, -0.05) is 37.9 Å². The molecule has 0 aromatic heterocycles. The van der Waals surface area contributed by atoms with Crippen LogP contribution < -0.4 is 5.73 Å². The maximum atomic E-state index is 12.0. The molecule has 0 aromatic rings. The third-order valence-electron chi connectivity index (χ3n) is 2.97. The third-order valence-corrected chi connectivity index (χ3v) is 3.10. The second kappa shape index (κ2) is 6.05. The van der Waals surface area contributed by atoms with Crippen LogP contribution in [0.3, 0.4) is 0 Å². The van der Waals surface area contributed by atoms with Gasteiger partial charge in [0.25, 0.3) is 0 Å². The lowest BCUT2D eigenvalue weighted by Crippen LogP contribution is -2.38. The Morgan fingerprint density at radius 3 is 2.33 bits per heavy atom. The van der Waals surface area contributed by atoms with Crippen molar-refractivity contribution in [3.63, 3.8) is 0 Å². The van der Waals surface area contributed by atoms with E-state index in [0.29, 0.717) is 11.5 Å². The molecule has 0 atom stereocenters. The topological polar surface area (TPSA) is 46.3 Å². The van der Waals surface area contributed by atoms with Gasteiger partial charge < -0.3 is 10.6 Å². The van der Waals surface area contributed by atoms with Crippen LogP contribution >= 0.6 is 12.2 Å². The maximum Gasteiger partial charge on any atom is 0.225 e. The van der Waals surface area contributed by atoms with Gasteiger partial charge in [-0.25, -0.2) is 0 Å². The van der Waals surface area contributed by atoms with Crippen LogP contribution in [0.15, 0.2) is 0 Å². The second-order valence-electron chi connectivity index (χ2n) is 4.35. The number of likely N-dealkylation sites (N-methyl/N-ethyl adjacent to an activating group) is 1. The molecule has 1 amide bonds. The molecule has 0 unspecified atom stereocenters. The normalized spacial score (nSPS) is 18.2. The molecule has 3 nitrogen and oxygen atoms in total. The number of amides is 1. The van der Waals surface area contributed by atoms with Gasteiger partial charge in [0.05, 0.1) is 11.5 Å². The first-order valence-corrected chi connectivity index (χ1v) is 6.05. The third kappa shape index (κ3) is 4.16. The molecule has 2 N–H and O–H groups in total. The zero-order valence-corrected chi connectivity index (χ0v) is 10.2. The summed E-state index contributed by atoms with van der Waals surface area (Å²) in [6, 6.07) is 0. The van der Waals surface area contributed by atoms with E-state index in [1.807, 2.05) is 0 Å². The van der Waals surface area contributed by atoms with Crippen molar-refractivity contribution in [2.24, 2.45) is 11.7 Å². The van der Waals surface area contributed by atoms with E-state index in [9.17, 15) is 4.79 Å². The molecule has 0 aromatic carbocycles. The molecule has 0 bridgehead atoms. The van der Waals surface area contributed by atoms with Gasteiger partial charge in [-0.05, 0) is 12.8 Å². The first-order chi connectivity index (χ1) is 7.11. The summed E-state index contributed by atoms with van der Waals surface area (Å²) in [5, 5.41) is 0. The summed E-state index contributed by atoms with van der Waals surface area (Å²) in [7, 11) is 1.78. The first-order valence-electron chi connectivity index (χ1n) is 5.64. The Balaban J connectivity index is 2.46. The van der Waals surface area contributed by atoms with Crippen molar-refractivity contribution in [1.29, 1.82) is 0 Å². The lowest BCUT2D eigenvalue weighted by Gasteiger charge is -2.22. The van der Waals surface area contributed by atoms with Crippen LogP contribution in [0.1, 0.15) is 38.5 Å². The second-order valence-corrected chi connectivity index (χ2v) is 4.87. The van der Waals surface area contributed by atoms with E-state index >= 15 is 0 Å². The summed E-state index contributed by atoms with van der Waals surface area (Å²) >= 11 is 4.80. The molecule has 1 aliphatic carbocycles. The van der Waals surface area contributed by atoms with Crippen molar-refractivity contribution in [2.75, 3.05) is 13.6 Å². The summed E-state index contributed by atoms with van der Waals surface area (Å²) in [6.07, 6.45) is 6.95. The van der Waals surface area contributed by atoms with E-state index in [-0.39, 0.29) is 11.8 Å². The molecule has 4 heteroatoms. The zero-order chi connectivity index (χ0) is 11.3. The highest BCUT2D eigenvalue weighted by Gasteiger charge is 2.22. The molecule has 1 aliphatic rings. The van der Waals surface area contributed by atoms with E-state index in [0.717, 1.165) is 12.8 Å². The molecule has 0 radical (unpaired) electrons. The van der Waals surface area contributed by atoms with E-state index in [1.165, 1.54) is 25.7 Å². The molecule has 15 heavy (non-hydrogen) atoms. The lowest BCUT2D eigenvalue weighted by molar-refractivity contribution is -0.133. The predicted molar refractivity (Wildman–Crippen MR) is 65.6 cm³/mol. The smallest absolute Gasteiger partial charge is 0.225 e. The Morgan fingerprint density at radius 2 is 1.87 bits per heavy atom. The van der Waals surface area contributed by atoms with Crippen molar-refractivity contribution in [3.8, 4) is 0 Å². The van der Waals surface area contributed by atoms with Crippen molar-refractivity contribution in [2.45, 2.75) is 38.5 Å². The SMILES string of the molecule is CN(CC(N)=S)C(=O)C1CCCCCC1. The maximum absolute atomic E-state index is 12.0. The largest absolute Gasteiger partial charge is 0.392 e. The van der Waals surface area contributed by atoms with Crippen LogP contribution in [0, 0.1) is 5.92 Å². The van der Waals surface area contributed by atoms with Gasteiger partial charge in [0.15, 0.2) is 0 Å². The molecule has 0 aliphatic heterocycles. The van der Waals surface area contributed by atoms with Gasteiger partial charge in [-0.3, -0.25) is 4.79 Å². The number of nitrogens with two attached hydrogens (primary N) is 1. The van der Waals surface area contributed by atoms with Crippen molar-refractivity contribution in [1.82, 2.24) is 4.90 Å². The first kappa shape index (κ1) is 12.4. The van der Waals surface area contributed by atoms with Gasteiger partial charge in [0.2, 0.25) is 5.91 Å². The van der Waals surface area contributed by atoms with Crippen molar-refractivity contribution in [3.05, 3.63) is 0 Å². The van der Waals surface area contributed by atoms with Crippen LogP contribution in [0.25, 0.3) is 0 Å². The minimum absolute atomic E-state index is 0.201. The quantitative estimate of drug-likeness (QED) is 0.591. The summed E-state index contributed by atoms with van der Waals surface area (Å²) in [4.78, 5) is 14.1.